The molecule has 242 valence electrons. The van der Waals surface area contributed by atoms with E-state index in [0.717, 1.165) is 30.6 Å². The van der Waals surface area contributed by atoms with Crippen molar-refractivity contribution in [3.8, 4) is 0 Å². The molecule has 1 N–H and O–H groups in total. The van der Waals surface area contributed by atoms with E-state index in [1.165, 1.54) is 26.1 Å². The summed E-state index contributed by atoms with van der Waals surface area (Å²) in [5.41, 5.74) is -1.94. The fourth-order valence-corrected chi connectivity index (χ4v) is 6.42. The van der Waals surface area contributed by atoms with Crippen molar-refractivity contribution in [1.82, 2.24) is 14.7 Å². The number of carbonyl (C=O) groups is 2. The second-order valence-corrected chi connectivity index (χ2v) is 11.9. The normalized spacial score (nSPS) is 22.5. The minimum atomic E-state index is -5.02. The van der Waals surface area contributed by atoms with Gasteiger partial charge in [-0.15, -0.1) is 0 Å². The van der Waals surface area contributed by atoms with Gasteiger partial charge in [0.2, 0.25) is 0 Å². The van der Waals surface area contributed by atoms with Crippen LogP contribution in [0.1, 0.15) is 78.9 Å². The highest BCUT2D eigenvalue weighted by atomic mass is 19.4. The first kappa shape index (κ1) is 33.5. The Labute approximate surface area is 251 Å². The number of rotatable bonds is 6. The number of benzene rings is 2. The number of urea groups is 1. The van der Waals surface area contributed by atoms with Crippen LogP contribution in [0, 0.1) is 18.7 Å². The lowest BCUT2D eigenvalue weighted by atomic mass is 9.83. The van der Waals surface area contributed by atoms with E-state index in [9.17, 15) is 40.3 Å². The van der Waals surface area contributed by atoms with E-state index in [0.29, 0.717) is 36.3 Å². The molecular weight excluding hydrogens is 595 g/mol. The Kier molecular flexibility index (Phi) is 9.87. The Morgan fingerprint density at radius 2 is 1.55 bits per heavy atom. The maximum Gasteiger partial charge on any atom is 0.416 e. The average Bonchev–Trinajstić information content (AvgIpc) is 2.94. The van der Waals surface area contributed by atoms with Crippen LogP contribution in [0.4, 0.5) is 35.5 Å². The molecule has 1 aliphatic carbocycles. The van der Waals surface area contributed by atoms with Crippen molar-refractivity contribution < 1.29 is 45.4 Å². The maximum atomic E-state index is 14.0. The van der Waals surface area contributed by atoms with Crippen molar-refractivity contribution in [2.45, 2.75) is 76.4 Å². The first-order valence-corrected chi connectivity index (χ1v) is 14.5. The second kappa shape index (κ2) is 12.9. The smallest absolute Gasteiger partial charge is 0.416 e. The van der Waals surface area contributed by atoms with Gasteiger partial charge in [-0.1, -0.05) is 6.07 Å². The molecule has 0 spiro atoms. The number of hydrogen-bond acceptors (Lipinski definition) is 3. The Bertz CT molecular complexity index is 1320. The van der Waals surface area contributed by atoms with Crippen molar-refractivity contribution in [2.75, 3.05) is 26.7 Å². The number of carboxylic acids is 1. The molecule has 13 heteroatoms. The molecule has 1 heterocycles. The van der Waals surface area contributed by atoms with E-state index in [1.54, 1.807) is 17.9 Å². The largest absolute Gasteiger partial charge is 0.481 e. The summed E-state index contributed by atoms with van der Waals surface area (Å²) < 4.78 is 95.1. The lowest BCUT2D eigenvalue weighted by molar-refractivity contribution is -0.143. The maximum absolute atomic E-state index is 14.0. The summed E-state index contributed by atoms with van der Waals surface area (Å²) in [4.78, 5) is 30.0. The van der Waals surface area contributed by atoms with Gasteiger partial charge >= 0.3 is 24.4 Å². The lowest BCUT2D eigenvalue weighted by Gasteiger charge is -2.47. The average molecular weight is 632 g/mol. The van der Waals surface area contributed by atoms with E-state index in [4.69, 9.17) is 5.11 Å². The van der Waals surface area contributed by atoms with Crippen LogP contribution < -0.4 is 0 Å². The number of carbonyl (C=O) groups excluding carboxylic acids is 1. The summed E-state index contributed by atoms with van der Waals surface area (Å²) in [5, 5.41) is 9.14. The Morgan fingerprint density at radius 1 is 0.955 bits per heavy atom. The highest BCUT2D eigenvalue weighted by Gasteiger charge is 2.40. The number of amides is 2. The van der Waals surface area contributed by atoms with Crippen molar-refractivity contribution in [3.63, 3.8) is 0 Å². The number of aryl methyl sites for hydroxylation is 1. The van der Waals surface area contributed by atoms with Crippen LogP contribution in [0.2, 0.25) is 0 Å². The van der Waals surface area contributed by atoms with Crippen LogP contribution in [0.25, 0.3) is 0 Å². The summed E-state index contributed by atoms with van der Waals surface area (Å²) in [6.07, 6.45) is -6.84. The first-order chi connectivity index (χ1) is 20.5. The molecule has 2 aromatic carbocycles. The summed E-state index contributed by atoms with van der Waals surface area (Å²) in [6.45, 7) is 4.17. The van der Waals surface area contributed by atoms with Crippen molar-refractivity contribution >= 4 is 12.0 Å². The van der Waals surface area contributed by atoms with Gasteiger partial charge in [0, 0.05) is 39.1 Å². The Hall–Kier alpha value is -3.35. The highest BCUT2D eigenvalue weighted by molar-refractivity contribution is 5.75. The van der Waals surface area contributed by atoms with E-state index < -0.39 is 53.4 Å². The quantitative estimate of drug-likeness (QED) is 0.333. The summed E-state index contributed by atoms with van der Waals surface area (Å²) in [5.74, 6) is -1.18. The van der Waals surface area contributed by atoms with Crippen molar-refractivity contribution in [3.05, 3.63) is 70.0 Å². The van der Waals surface area contributed by atoms with Crippen molar-refractivity contribution in [1.29, 1.82) is 0 Å². The zero-order valence-corrected chi connectivity index (χ0v) is 24.7. The zero-order chi connectivity index (χ0) is 32.6. The third-order valence-corrected chi connectivity index (χ3v) is 9.02. The number of nitrogens with zero attached hydrogens (tertiary/aromatic N) is 3. The fourth-order valence-electron chi connectivity index (χ4n) is 6.42. The molecule has 2 atom stereocenters. The van der Waals surface area contributed by atoms with E-state index >= 15 is 0 Å². The predicted octanol–water partition coefficient (Wildman–Crippen LogP) is 7.68. The molecule has 2 fully saturated rings. The van der Waals surface area contributed by atoms with Gasteiger partial charge in [0.15, 0.2) is 0 Å². The number of alkyl halides is 6. The molecule has 1 aliphatic heterocycles. The van der Waals surface area contributed by atoms with Gasteiger partial charge < -0.3 is 14.9 Å². The minimum Gasteiger partial charge on any atom is -0.481 e. The third-order valence-electron chi connectivity index (χ3n) is 9.02. The van der Waals surface area contributed by atoms with Gasteiger partial charge in [0.1, 0.15) is 5.82 Å². The van der Waals surface area contributed by atoms with Crippen LogP contribution in [0.3, 0.4) is 0 Å². The Morgan fingerprint density at radius 3 is 2.07 bits per heavy atom. The SMILES string of the molecule is Cc1cc(F)ccc1[C@H]1CN(C2CCC(CC(=O)O)CC2)CCN1C(=O)N(C)[C@H](C)c1cc(C(F)(F)F)cc(C(F)(F)F)c1. The van der Waals surface area contributed by atoms with Gasteiger partial charge in [0.25, 0.3) is 0 Å². The van der Waals surface area contributed by atoms with E-state index in [2.05, 4.69) is 4.90 Å². The lowest BCUT2D eigenvalue weighted by Crippen LogP contribution is -2.56. The number of halogens is 7. The molecule has 1 saturated heterocycles. The molecule has 44 heavy (non-hydrogen) atoms. The van der Waals surface area contributed by atoms with Gasteiger partial charge in [-0.3, -0.25) is 9.69 Å². The molecular formula is C31H36F7N3O3. The van der Waals surface area contributed by atoms with Crippen LogP contribution >= 0.6 is 0 Å². The monoisotopic (exact) mass is 631 g/mol. The Balaban J connectivity index is 1.60. The van der Waals surface area contributed by atoms with Gasteiger partial charge in [-0.05, 0) is 92.5 Å². The number of hydrogen-bond donors (Lipinski definition) is 1. The number of carboxylic acid groups (broad SMARTS) is 1. The van der Waals surface area contributed by atoms with Gasteiger partial charge in [0.05, 0.1) is 23.2 Å². The molecule has 0 unspecified atom stereocenters. The molecule has 6 nitrogen and oxygen atoms in total. The topological polar surface area (TPSA) is 64.1 Å². The van der Waals surface area contributed by atoms with Gasteiger partial charge in [-0.25, -0.2) is 9.18 Å². The summed E-state index contributed by atoms with van der Waals surface area (Å²) in [7, 11) is 1.34. The van der Waals surface area contributed by atoms with E-state index in [-0.39, 0.29) is 36.6 Å². The van der Waals surface area contributed by atoms with Crippen molar-refractivity contribution in [2.24, 2.45) is 5.92 Å². The third kappa shape index (κ3) is 7.65. The second-order valence-electron chi connectivity index (χ2n) is 11.9. The minimum absolute atomic E-state index is 0.0553. The summed E-state index contributed by atoms with van der Waals surface area (Å²) >= 11 is 0. The van der Waals surface area contributed by atoms with Gasteiger partial charge in [-0.2, -0.15) is 26.3 Å². The molecule has 0 bridgehead atoms. The standard InChI is InChI=1S/C31H36F7N3O3/c1-18-12-24(32)6-9-26(18)27-17-40(25-7-4-20(5-8-25)13-28(42)43)10-11-41(27)29(44)39(3)19(2)21-14-22(30(33,34)35)16-23(15-21)31(36,37)38/h6,9,12,14-16,19-20,25,27H,4-5,7-8,10-11,13,17H2,1-3H3,(H,42,43)/t19-,20?,25?,27-/m1/s1. The predicted molar refractivity (Wildman–Crippen MR) is 148 cm³/mol. The molecule has 2 amide bonds. The fraction of sp³-hybridized carbons (Fsp3) is 0.548. The molecule has 2 aliphatic rings. The summed E-state index contributed by atoms with van der Waals surface area (Å²) in [6, 6.07) is 3.42. The number of aliphatic carboxylic acids is 1. The van der Waals surface area contributed by atoms with Crippen LogP contribution in [0.5, 0.6) is 0 Å². The highest BCUT2D eigenvalue weighted by Crippen LogP contribution is 2.39. The molecule has 2 aromatic rings. The van der Waals surface area contributed by atoms with Crippen LogP contribution in [0.15, 0.2) is 36.4 Å². The molecule has 4 rings (SSSR count). The molecule has 0 aromatic heterocycles. The first-order valence-electron chi connectivity index (χ1n) is 14.5. The zero-order valence-electron chi connectivity index (χ0n) is 24.7. The van der Waals surface area contributed by atoms with Crippen LogP contribution in [-0.4, -0.2) is 64.5 Å². The number of piperazine rings is 1. The molecule has 0 radical (unpaired) electrons. The molecule has 1 saturated carbocycles. The van der Waals surface area contributed by atoms with E-state index in [1.807, 2.05) is 0 Å². The van der Waals surface area contributed by atoms with Crippen LogP contribution in [-0.2, 0) is 17.1 Å².